The highest BCUT2D eigenvalue weighted by Gasteiger charge is 2.36. The molecule has 2 aliphatic rings. The maximum Gasteiger partial charge on any atom is 0.00958 e. The van der Waals surface area contributed by atoms with Crippen molar-refractivity contribution in [1.82, 2.24) is 0 Å². The summed E-state index contributed by atoms with van der Waals surface area (Å²) in [5.74, 6) is 4.29. The molecule has 118 valence electrons. The Morgan fingerprint density at radius 3 is 1.75 bits per heavy atom. The van der Waals surface area contributed by atoms with Gasteiger partial charge in [0.05, 0.1) is 0 Å². The average Bonchev–Trinajstić information content (AvgIpc) is 2.36. The smallest absolute Gasteiger partial charge is 0.00958 e. The zero-order chi connectivity index (χ0) is 14.9. The van der Waals surface area contributed by atoms with Gasteiger partial charge in [0.2, 0.25) is 0 Å². The van der Waals surface area contributed by atoms with Gasteiger partial charge in [-0.2, -0.15) is 0 Å². The van der Waals surface area contributed by atoms with Gasteiger partial charge in [0.25, 0.3) is 0 Å². The Kier molecular flexibility index (Phi) is 5.21. The van der Waals surface area contributed by atoms with Crippen molar-refractivity contribution in [3.63, 3.8) is 0 Å². The monoisotopic (exact) mass is 279 g/mol. The summed E-state index contributed by atoms with van der Waals surface area (Å²) >= 11 is 0. The first-order valence-electron chi connectivity index (χ1n) is 9.03. The molecule has 1 nitrogen and oxygen atoms in total. The van der Waals surface area contributed by atoms with E-state index in [-0.39, 0.29) is 0 Å². The lowest BCUT2D eigenvalue weighted by Gasteiger charge is -2.42. The molecule has 2 rings (SSSR count). The number of hydrogen-bond acceptors (Lipinski definition) is 1. The molecule has 2 aliphatic carbocycles. The van der Waals surface area contributed by atoms with E-state index in [0.717, 1.165) is 29.6 Å². The molecule has 0 bridgehead atoms. The van der Waals surface area contributed by atoms with Crippen LogP contribution >= 0.6 is 0 Å². The van der Waals surface area contributed by atoms with Crippen molar-refractivity contribution in [2.75, 3.05) is 0 Å². The first kappa shape index (κ1) is 16.3. The molecule has 0 spiro atoms. The fourth-order valence-electron chi connectivity index (χ4n) is 5.08. The highest BCUT2D eigenvalue weighted by atomic mass is 14.7. The van der Waals surface area contributed by atoms with Gasteiger partial charge < -0.3 is 5.73 Å². The van der Waals surface area contributed by atoms with Crippen LogP contribution in [0.15, 0.2) is 0 Å². The summed E-state index contributed by atoms with van der Waals surface area (Å²) in [5, 5.41) is 0. The maximum atomic E-state index is 6.70. The minimum absolute atomic E-state index is 0.473. The summed E-state index contributed by atoms with van der Waals surface area (Å²) in [4.78, 5) is 0. The Morgan fingerprint density at radius 2 is 1.30 bits per heavy atom. The predicted octanol–water partition coefficient (Wildman–Crippen LogP) is 5.24. The van der Waals surface area contributed by atoms with Crippen molar-refractivity contribution in [1.29, 1.82) is 0 Å². The van der Waals surface area contributed by atoms with Crippen molar-refractivity contribution < 1.29 is 0 Å². The molecule has 2 fully saturated rings. The lowest BCUT2D eigenvalue weighted by Crippen LogP contribution is -2.43. The molecule has 0 radical (unpaired) electrons. The molecule has 3 atom stereocenters. The molecule has 0 amide bonds. The quantitative estimate of drug-likeness (QED) is 0.735. The van der Waals surface area contributed by atoms with Crippen molar-refractivity contribution in [3.8, 4) is 0 Å². The summed E-state index contributed by atoms with van der Waals surface area (Å²) in [7, 11) is 0. The summed E-state index contributed by atoms with van der Waals surface area (Å²) in [6.45, 7) is 12.1. The van der Waals surface area contributed by atoms with Gasteiger partial charge in [-0.05, 0) is 80.0 Å². The number of nitrogens with two attached hydrogens (primary N) is 1. The largest absolute Gasteiger partial charge is 0.327 e. The zero-order valence-corrected chi connectivity index (χ0v) is 14.5. The van der Waals surface area contributed by atoms with Crippen molar-refractivity contribution >= 4 is 0 Å². The Labute approximate surface area is 127 Å². The second-order valence-electron chi connectivity index (χ2n) is 9.23. The van der Waals surface area contributed by atoms with Gasteiger partial charge >= 0.3 is 0 Å². The average molecular weight is 280 g/mol. The molecule has 20 heavy (non-hydrogen) atoms. The van der Waals surface area contributed by atoms with Crippen molar-refractivity contribution in [2.45, 2.75) is 85.6 Å². The van der Waals surface area contributed by atoms with Gasteiger partial charge in [0.1, 0.15) is 0 Å². The van der Waals surface area contributed by atoms with Gasteiger partial charge in [-0.25, -0.2) is 0 Å². The fourth-order valence-corrected chi connectivity index (χ4v) is 5.08. The van der Waals surface area contributed by atoms with Crippen molar-refractivity contribution in [3.05, 3.63) is 0 Å². The Morgan fingerprint density at radius 1 is 0.800 bits per heavy atom. The van der Waals surface area contributed by atoms with Crippen LogP contribution in [-0.2, 0) is 0 Å². The Balaban J connectivity index is 1.87. The van der Waals surface area contributed by atoms with Crippen LogP contribution in [0.5, 0.6) is 0 Å². The predicted molar refractivity (Wildman–Crippen MR) is 88.5 cm³/mol. The highest BCUT2D eigenvalue weighted by molar-refractivity contribution is 4.90. The topological polar surface area (TPSA) is 26.0 Å². The number of hydrogen-bond donors (Lipinski definition) is 1. The lowest BCUT2D eigenvalue weighted by atomic mass is 9.65. The van der Waals surface area contributed by atoms with Crippen LogP contribution in [0.2, 0.25) is 0 Å². The first-order valence-corrected chi connectivity index (χ1v) is 9.03. The third-order valence-electron chi connectivity index (χ3n) is 6.30. The first-order chi connectivity index (χ1) is 9.27. The van der Waals surface area contributed by atoms with Crippen LogP contribution in [0.3, 0.4) is 0 Å². The van der Waals surface area contributed by atoms with Crippen LogP contribution in [0.1, 0.15) is 79.6 Å². The second kappa shape index (κ2) is 6.38. The standard InChI is InChI=1S/C19H37N/c1-13-10-14(2)12-16(11-13)18(20)15-6-8-17(9-7-15)19(3,4)5/h13-18H,6-12,20H2,1-5H3. The Bertz CT molecular complexity index is 285. The summed E-state index contributed by atoms with van der Waals surface area (Å²) in [6, 6.07) is 0.473. The fraction of sp³-hybridized carbons (Fsp3) is 1.00. The van der Waals surface area contributed by atoms with Crippen LogP contribution in [0, 0.1) is 35.0 Å². The molecule has 0 heterocycles. The molecule has 0 aromatic carbocycles. The normalized spacial score (nSPS) is 41.4. The Hall–Kier alpha value is -0.0400. The molecule has 3 unspecified atom stereocenters. The van der Waals surface area contributed by atoms with E-state index in [9.17, 15) is 0 Å². The van der Waals surface area contributed by atoms with E-state index in [1.165, 1.54) is 44.9 Å². The van der Waals surface area contributed by atoms with Crippen LogP contribution < -0.4 is 5.73 Å². The third-order valence-corrected chi connectivity index (χ3v) is 6.30. The summed E-state index contributed by atoms with van der Waals surface area (Å²) in [5.41, 5.74) is 7.19. The second-order valence-corrected chi connectivity index (χ2v) is 9.23. The highest BCUT2D eigenvalue weighted by Crippen LogP contribution is 2.43. The molecule has 1 heteroatoms. The molecule has 0 aromatic rings. The minimum atomic E-state index is 0.473. The van der Waals surface area contributed by atoms with E-state index < -0.39 is 0 Å². The van der Waals surface area contributed by atoms with Crippen LogP contribution in [0.4, 0.5) is 0 Å². The molecular weight excluding hydrogens is 242 g/mol. The minimum Gasteiger partial charge on any atom is -0.327 e. The van der Waals surface area contributed by atoms with Gasteiger partial charge in [-0.1, -0.05) is 34.6 Å². The third kappa shape index (κ3) is 4.00. The molecule has 2 N–H and O–H groups in total. The SMILES string of the molecule is CC1CC(C)CC(C(N)C2CCC(C(C)(C)C)CC2)C1. The van der Waals surface area contributed by atoms with E-state index in [4.69, 9.17) is 5.73 Å². The van der Waals surface area contributed by atoms with Crippen LogP contribution in [0.25, 0.3) is 0 Å². The van der Waals surface area contributed by atoms with E-state index in [1.54, 1.807) is 0 Å². The molecule has 2 saturated carbocycles. The van der Waals surface area contributed by atoms with Crippen molar-refractivity contribution in [2.24, 2.45) is 40.7 Å². The van der Waals surface area contributed by atoms with E-state index in [2.05, 4.69) is 34.6 Å². The molecule has 0 aliphatic heterocycles. The maximum absolute atomic E-state index is 6.70. The summed E-state index contributed by atoms with van der Waals surface area (Å²) < 4.78 is 0. The van der Waals surface area contributed by atoms with E-state index in [0.29, 0.717) is 11.5 Å². The lowest BCUT2D eigenvalue weighted by molar-refractivity contribution is 0.104. The molecule has 0 saturated heterocycles. The molecular formula is C19H37N. The van der Waals surface area contributed by atoms with Gasteiger partial charge in [-0.15, -0.1) is 0 Å². The van der Waals surface area contributed by atoms with Crippen LogP contribution in [-0.4, -0.2) is 6.04 Å². The van der Waals surface area contributed by atoms with Gasteiger partial charge in [0, 0.05) is 6.04 Å². The van der Waals surface area contributed by atoms with E-state index >= 15 is 0 Å². The summed E-state index contributed by atoms with van der Waals surface area (Å²) in [6.07, 6.45) is 9.74. The van der Waals surface area contributed by atoms with Gasteiger partial charge in [0.15, 0.2) is 0 Å². The zero-order valence-electron chi connectivity index (χ0n) is 14.5. The molecule has 0 aromatic heterocycles. The van der Waals surface area contributed by atoms with Gasteiger partial charge in [-0.3, -0.25) is 0 Å². The number of rotatable bonds is 2. The van der Waals surface area contributed by atoms with E-state index in [1.807, 2.05) is 0 Å².